The fraction of sp³-hybridized carbons (Fsp3) is 0.480. The molecule has 1 saturated heterocycles. The van der Waals surface area contributed by atoms with Crippen molar-refractivity contribution in [2.45, 2.75) is 36.9 Å². The predicted octanol–water partition coefficient (Wildman–Crippen LogP) is 5.04. The molecule has 0 radical (unpaired) electrons. The molecule has 2 N–H and O–H groups in total. The Kier molecular flexibility index (Phi) is 6.86. The number of likely N-dealkylation sites (tertiary alicyclic amines) is 1. The van der Waals surface area contributed by atoms with E-state index in [0.29, 0.717) is 30.4 Å². The second-order valence-corrected chi connectivity index (χ2v) is 9.35. The minimum absolute atomic E-state index is 0.115. The van der Waals surface area contributed by atoms with Gasteiger partial charge >= 0.3 is 12.2 Å². The van der Waals surface area contributed by atoms with Gasteiger partial charge in [-0.3, -0.25) is 0 Å². The smallest absolute Gasteiger partial charge is 0.419 e. The lowest BCUT2D eigenvalue weighted by molar-refractivity contribution is -0.139. The first-order valence-corrected chi connectivity index (χ1v) is 11.4. The van der Waals surface area contributed by atoms with E-state index in [9.17, 15) is 22.4 Å². The number of fused-ring (bicyclic) bond motifs is 1. The molecule has 2 aromatic rings. The standard InChI is InChI=1S/C25H29F4N3O3/c1-32-13-16-11-17(30-23(33)31-19-6-4-5-18(22(19)26)25(27,28)29)9-10-24(16,14-32)15-7-8-20(34-2)21(12-15)35-3/h4-8,12,16-17H,9-11,13-14H2,1-3H3,(H2,30,31,33). The third-order valence-electron chi connectivity index (χ3n) is 7.22. The quantitative estimate of drug-likeness (QED) is 0.571. The average molecular weight is 496 g/mol. The van der Waals surface area contributed by atoms with Crippen molar-refractivity contribution in [2.75, 3.05) is 39.7 Å². The van der Waals surface area contributed by atoms with Crippen molar-refractivity contribution in [3.8, 4) is 11.5 Å². The summed E-state index contributed by atoms with van der Waals surface area (Å²) in [5.74, 6) is 0.0680. The van der Waals surface area contributed by atoms with E-state index < -0.39 is 29.3 Å². The maximum Gasteiger partial charge on any atom is 0.419 e. The number of likely N-dealkylation sites (N-methyl/N-ethyl adjacent to an activating group) is 1. The number of ether oxygens (including phenoxy) is 2. The highest BCUT2D eigenvalue weighted by molar-refractivity contribution is 5.89. The van der Waals surface area contributed by atoms with Crippen LogP contribution in [0.1, 0.15) is 30.4 Å². The van der Waals surface area contributed by atoms with Crippen LogP contribution in [0.5, 0.6) is 11.5 Å². The van der Waals surface area contributed by atoms with Gasteiger partial charge in [-0.2, -0.15) is 13.2 Å². The zero-order valence-corrected chi connectivity index (χ0v) is 19.8. The number of carbonyl (C=O) groups is 1. The minimum atomic E-state index is -4.84. The first kappa shape index (κ1) is 25.1. The van der Waals surface area contributed by atoms with E-state index in [0.717, 1.165) is 37.2 Å². The van der Waals surface area contributed by atoms with E-state index in [4.69, 9.17) is 9.47 Å². The highest BCUT2D eigenvalue weighted by atomic mass is 19.4. The summed E-state index contributed by atoms with van der Waals surface area (Å²) in [5, 5.41) is 5.07. The van der Waals surface area contributed by atoms with Crippen molar-refractivity contribution in [3.05, 3.63) is 53.3 Å². The summed E-state index contributed by atoms with van der Waals surface area (Å²) >= 11 is 0. The van der Waals surface area contributed by atoms with Crippen LogP contribution in [0.25, 0.3) is 0 Å². The van der Waals surface area contributed by atoms with Crippen LogP contribution in [0.3, 0.4) is 0 Å². The van der Waals surface area contributed by atoms with Crippen LogP contribution in [-0.2, 0) is 11.6 Å². The van der Waals surface area contributed by atoms with Crippen LogP contribution < -0.4 is 20.1 Å². The summed E-state index contributed by atoms with van der Waals surface area (Å²) < 4.78 is 64.1. The molecule has 3 unspecified atom stereocenters. The monoisotopic (exact) mass is 495 g/mol. The topological polar surface area (TPSA) is 62.8 Å². The number of hydrogen-bond acceptors (Lipinski definition) is 4. The van der Waals surface area contributed by atoms with Gasteiger partial charge in [0.05, 0.1) is 25.5 Å². The van der Waals surface area contributed by atoms with Crippen LogP contribution in [0, 0.1) is 11.7 Å². The number of rotatable bonds is 5. The summed E-state index contributed by atoms with van der Waals surface area (Å²) in [7, 11) is 5.26. The lowest BCUT2D eigenvalue weighted by atomic mass is 9.63. The summed E-state index contributed by atoms with van der Waals surface area (Å²) in [5.41, 5.74) is -0.885. The zero-order chi connectivity index (χ0) is 25.4. The SMILES string of the molecule is COc1ccc(C23CCC(NC(=O)Nc4cccc(C(F)(F)F)c4F)CC2CN(C)C3)cc1OC. The normalized spacial score (nSPS) is 24.5. The molecule has 2 aliphatic rings. The van der Waals surface area contributed by atoms with Crippen LogP contribution in [-0.4, -0.2) is 51.3 Å². The first-order chi connectivity index (χ1) is 16.6. The van der Waals surface area contributed by atoms with Crippen LogP contribution >= 0.6 is 0 Å². The number of benzene rings is 2. The Labute approximate surface area is 201 Å². The molecule has 4 rings (SSSR count). The van der Waals surface area contributed by atoms with Crippen LogP contribution in [0.4, 0.5) is 28.0 Å². The van der Waals surface area contributed by atoms with Crippen LogP contribution in [0.2, 0.25) is 0 Å². The van der Waals surface area contributed by atoms with Gasteiger partial charge in [0, 0.05) is 24.5 Å². The number of urea groups is 1. The minimum Gasteiger partial charge on any atom is -0.493 e. The van der Waals surface area contributed by atoms with Crippen molar-refractivity contribution >= 4 is 11.7 Å². The molecule has 35 heavy (non-hydrogen) atoms. The number of nitrogens with zero attached hydrogens (tertiary/aromatic N) is 1. The molecular formula is C25H29F4N3O3. The largest absolute Gasteiger partial charge is 0.493 e. The van der Waals surface area contributed by atoms with E-state index >= 15 is 0 Å². The lowest BCUT2D eigenvalue weighted by Crippen LogP contribution is -2.48. The molecule has 2 aromatic carbocycles. The summed E-state index contributed by atoms with van der Waals surface area (Å²) in [6.45, 7) is 1.71. The van der Waals surface area contributed by atoms with Gasteiger partial charge in [0.1, 0.15) is 0 Å². The number of carbonyl (C=O) groups excluding carboxylic acids is 1. The van der Waals surface area contributed by atoms with Gasteiger partial charge in [-0.05, 0) is 62.1 Å². The van der Waals surface area contributed by atoms with Crippen LogP contribution in [0.15, 0.2) is 36.4 Å². The van der Waals surface area contributed by atoms with Gasteiger partial charge in [-0.15, -0.1) is 0 Å². The molecule has 190 valence electrons. The molecule has 6 nitrogen and oxygen atoms in total. The molecule has 1 aliphatic carbocycles. The molecule has 10 heteroatoms. The Morgan fingerprint density at radius 1 is 1.14 bits per heavy atom. The number of alkyl halides is 3. The van der Waals surface area contributed by atoms with E-state index in [1.807, 2.05) is 12.1 Å². The summed E-state index contributed by atoms with van der Waals surface area (Å²) in [4.78, 5) is 14.8. The van der Waals surface area contributed by atoms with Crippen molar-refractivity contribution in [1.29, 1.82) is 0 Å². The van der Waals surface area contributed by atoms with Crippen molar-refractivity contribution in [3.63, 3.8) is 0 Å². The van der Waals surface area contributed by atoms with Gasteiger partial charge in [0.15, 0.2) is 17.3 Å². The van der Waals surface area contributed by atoms with E-state index in [2.05, 4.69) is 28.6 Å². The zero-order valence-electron chi connectivity index (χ0n) is 19.8. The molecular weight excluding hydrogens is 466 g/mol. The average Bonchev–Trinajstić information content (AvgIpc) is 3.15. The second-order valence-electron chi connectivity index (χ2n) is 9.35. The van der Waals surface area contributed by atoms with Gasteiger partial charge < -0.3 is 25.0 Å². The molecule has 3 atom stereocenters. The Morgan fingerprint density at radius 2 is 1.89 bits per heavy atom. The number of methoxy groups -OCH3 is 2. The molecule has 1 aliphatic heterocycles. The van der Waals surface area contributed by atoms with Crippen molar-refractivity contribution in [1.82, 2.24) is 10.2 Å². The molecule has 0 spiro atoms. The van der Waals surface area contributed by atoms with Gasteiger partial charge in [0.2, 0.25) is 0 Å². The molecule has 0 bridgehead atoms. The fourth-order valence-corrected chi connectivity index (χ4v) is 5.64. The van der Waals surface area contributed by atoms with Gasteiger partial charge in [-0.1, -0.05) is 12.1 Å². The maximum absolute atomic E-state index is 14.3. The number of hydrogen-bond donors (Lipinski definition) is 2. The molecule has 0 aromatic heterocycles. The van der Waals surface area contributed by atoms with E-state index in [1.54, 1.807) is 14.2 Å². The molecule has 1 saturated carbocycles. The Balaban J connectivity index is 1.47. The lowest BCUT2D eigenvalue weighted by Gasteiger charge is -2.42. The fourth-order valence-electron chi connectivity index (χ4n) is 5.64. The highest BCUT2D eigenvalue weighted by Crippen LogP contribution is 2.49. The van der Waals surface area contributed by atoms with Gasteiger partial charge in [0.25, 0.3) is 0 Å². The van der Waals surface area contributed by atoms with E-state index in [-0.39, 0.29) is 17.4 Å². The predicted molar refractivity (Wildman–Crippen MR) is 123 cm³/mol. The highest BCUT2D eigenvalue weighted by Gasteiger charge is 2.50. The number of amides is 2. The number of nitrogens with one attached hydrogen (secondary N) is 2. The number of halogens is 4. The summed E-state index contributed by atoms with van der Waals surface area (Å²) in [6, 6.07) is 7.88. The Bertz CT molecular complexity index is 1090. The third kappa shape index (κ3) is 4.89. The molecule has 2 amide bonds. The van der Waals surface area contributed by atoms with Crippen molar-refractivity contribution < 1.29 is 31.8 Å². The molecule has 2 fully saturated rings. The van der Waals surface area contributed by atoms with E-state index in [1.165, 1.54) is 0 Å². The summed E-state index contributed by atoms with van der Waals surface area (Å²) in [6.07, 6.45) is -2.67. The van der Waals surface area contributed by atoms with Crippen molar-refractivity contribution in [2.24, 2.45) is 5.92 Å². The first-order valence-electron chi connectivity index (χ1n) is 11.4. The number of anilines is 1. The maximum atomic E-state index is 14.3. The Morgan fingerprint density at radius 3 is 2.57 bits per heavy atom. The second kappa shape index (κ2) is 9.56. The van der Waals surface area contributed by atoms with Gasteiger partial charge in [-0.25, -0.2) is 9.18 Å². The molecule has 1 heterocycles. The third-order valence-corrected chi connectivity index (χ3v) is 7.22. The Hall–Kier alpha value is -3.01.